The molecule has 1 heterocycles. The fraction of sp³-hybridized carbons (Fsp3) is 0.500. The van der Waals surface area contributed by atoms with Gasteiger partial charge in [0.05, 0.1) is 12.0 Å². The molecule has 1 aromatic carbocycles. The number of ether oxygens (including phenoxy) is 1. The molecule has 2 unspecified atom stereocenters. The van der Waals surface area contributed by atoms with E-state index in [1.165, 1.54) is 0 Å². The number of hydrogen-bond donors (Lipinski definition) is 2. The molecule has 1 saturated heterocycles. The minimum absolute atomic E-state index is 0.00365. The number of nitrogens with two attached hydrogens (primary N) is 1. The lowest BCUT2D eigenvalue weighted by molar-refractivity contribution is -0.126. The highest BCUT2D eigenvalue weighted by Crippen LogP contribution is 2.23. The summed E-state index contributed by atoms with van der Waals surface area (Å²) in [6.07, 6.45) is 1.78. The Kier molecular flexibility index (Phi) is 4.20. The Labute approximate surface area is 108 Å². The van der Waals surface area contributed by atoms with Crippen molar-refractivity contribution in [1.82, 2.24) is 5.32 Å². The zero-order valence-corrected chi connectivity index (χ0v) is 10.7. The van der Waals surface area contributed by atoms with Gasteiger partial charge in [0.1, 0.15) is 0 Å². The molecule has 4 nitrogen and oxygen atoms in total. The molecule has 1 fully saturated rings. The average Bonchev–Trinajstić information content (AvgIpc) is 2.84. The molecule has 0 bridgehead atoms. The summed E-state index contributed by atoms with van der Waals surface area (Å²) >= 11 is 0. The Morgan fingerprint density at radius 1 is 1.56 bits per heavy atom. The first kappa shape index (κ1) is 12.9. The van der Waals surface area contributed by atoms with Gasteiger partial charge in [0.15, 0.2) is 0 Å². The number of anilines is 1. The summed E-state index contributed by atoms with van der Waals surface area (Å²) in [6.45, 7) is 3.26. The number of carbonyl (C=O) groups is 1. The minimum Gasteiger partial charge on any atom is -0.399 e. The predicted octanol–water partition coefficient (Wildman–Crippen LogP) is 1.70. The van der Waals surface area contributed by atoms with Crippen molar-refractivity contribution in [3.8, 4) is 0 Å². The molecule has 1 amide bonds. The van der Waals surface area contributed by atoms with Crippen LogP contribution >= 0.6 is 0 Å². The Balaban J connectivity index is 1.88. The number of nitrogen functional groups attached to an aromatic ring is 1. The molecule has 1 aliphatic heterocycles. The largest absolute Gasteiger partial charge is 0.399 e. The summed E-state index contributed by atoms with van der Waals surface area (Å²) in [5, 5.41) is 2.96. The van der Waals surface area contributed by atoms with Crippen LogP contribution in [0.5, 0.6) is 0 Å². The van der Waals surface area contributed by atoms with E-state index >= 15 is 0 Å². The van der Waals surface area contributed by atoms with E-state index in [0.717, 1.165) is 24.1 Å². The van der Waals surface area contributed by atoms with E-state index in [9.17, 15) is 4.79 Å². The first-order valence-electron chi connectivity index (χ1n) is 6.44. The maximum atomic E-state index is 12.1. The van der Waals surface area contributed by atoms with Crippen LogP contribution in [0.4, 0.5) is 5.69 Å². The van der Waals surface area contributed by atoms with E-state index in [2.05, 4.69) is 5.32 Å². The lowest BCUT2D eigenvalue weighted by Gasteiger charge is -2.16. The molecule has 1 aliphatic rings. The zero-order valence-electron chi connectivity index (χ0n) is 10.7. The van der Waals surface area contributed by atoms with Crippen LogP contribution in [-0.4, -0.2) is 18.6 Å². The fourth-order valence-corrected chi connectivity index (χ4v) is 2.37. The maximum absolute atomic E-state index is 12.1. The highest BCUT2D eigenvalue weighted by Gasteiger charge is 2.32. The molecular formula is C14H20N2O2. The van der Waals surface area contributed by atoms with Gasteiger partial charge in [-0.15, -0.1) is 0 Å². The second-order valence-electron chi connectivity index (χ2n) is 4.68. The van der Waals surface area contributed by atoms with Gasteiger partial charge in [0.2, 0.25) is 5.91 Å². The van der Waals surface area contributed by atoms with Gasteiger partial charge in [-0.1, -0.05) is 19.1 Å². The lowest BCUT2D eigenvalue weighted by Crippen LogP contribution is -2.34. The number of amides is 1. The third kappa shape index (κ3) is 3.01. The van der Waals surface area contributed by atoms with Crippen LogP contribution in [0.1, 0.15) is 25.3 Å². The molecule has 2 rings (SSSR count). The van der Waals surface area contributed by atoms with Gasteiger partial charge >= 0.3 is 0 Å². The SMILES string of the molecule is CCC1OCCC1C(=O)NCc1cccc(N)c1. The first-order valence-corrected chi connectivity index (χ1v) is 6.44. The Bertz CT molecular complexity index is 420. The molecule has 98 valence electrons. The fourth-order valence-electron chi connectivity index (χ4n) is 2.37. The van der Waals surface area contributed by atoms with E-state index in [1.54, 1.807) is 0 Å². The molecule has 0 aromatic heterocycles. The number of nitrogens with one attached hydrogen (secondary N) is 1. The van der Waals surface area contributed by atoms with Crippen molar-refractivity contribution < 1.29 is 9.53 Å². The summed E-state index contributed by atoms with van der Waals surface area (Å²) < 4.78 is 5.53. The molecule has 4 heteroatoms. The van der Waals surface area contributed by atoms with Crippen LogP contribution in [0, 0.1) is 5.92 Å². The maximum Gasteiger partial charge on any atom is 0.226 e. The molecule has 0 aliphatic carbocycles. The van der Waals surface area contributed by atoms with Crippen molar-refractivity contribution in [3.05, 3.63) is 29.8 Å². The molecule has 0 saturated carbocycles. The molecule has 0 radical (unpaired) electrons. The van der Waals surface area contributed by atoms with Gasteiger partial charge in [-0.3, -0.25) is 4.79 Å². The van der Waals surface area contributed by atoms with Crippen LogP contribution in [0.25, 0.3) is 0 Å². The second-order valence-corrected chi connectivity index (χ2v) is 4.68. The van der Waals surface area contributed by atoms with Crippen LogP contribution in [0.15, 0.2) is 24.3 Å². The summed E-state index contributed by atoms with van der Waals surface area (Å²) in [4.78, 5) is 12.1. The van der Waals surface area contributed by atoms with E-state index in [4.69, 9.17) is 10.5 Å². The number of hydrogen-bond acceptors (Lipinski definition) is 3. The second kappa shape index (κ2) is 5.87. The summed E-state index contributed by atoms with van der Waals surface area (Å²) in [7, 11) is 0. The van der Waals surface area contributed by atoms with Gasteiger partial charge in [-0.2, -0.15) is 0 Å². The molecule has 3 N–H and O–H groups in total. The number of benzene rings is 1. The standard InChI is InChI=1S/C14H20N2O2/c1-2-13-12(6-7-18-13)14(17)16-9-10-4-3-5-11(15)8-10/h3-5,8,12-13H,2,6-7,9,15H2,1H3,(H,16,17). The quantitative estimate of drug-likeness (QED) is 0.797. The van der Waals surface area contributed by atoms with Crippen molar-refractivity contribution >= 4 is 11.6 Å². The van der Waals surface area contributed by atoms with Crippen molar-refractivity contribution in [2.24, 2.45) is 5.92 Å². The van der Waals surface area contributed by atoms with Crippen LogP contribution in [-0.2, 0) is 16.1 Å². The zero-order chi connectivity index (χ0) is 13.0. The monoisotopic (exact) mass is 248 g/mol. The first-order chi connectivity index (χ1) is 8.70. The third-order valence-corrected chi connectivity index (χ3v) is 3.37. The lowest BCUT2D eigenvalue weighted by atomic mass is 9.98. The Hall–Kier alpha value is -1.55. The number of rotatable bonds is 4. The molecular weight excluding hydrogens is 228 g/mol. The normalized spacial score (nSPS) is 22.9. The summed E-state index contributed by atoms with van der Waals surface area (Å²) in [6, 6.07) is 7.56. The highest BCUT2D eigenvalue weighted by atomic mass is 16.5. The van der Waals surface area contributed by atoms with Gasteiger partial charge in [-0.05, 0) is 30.5 Å². The molecule has 0 spiro atoms. The van der Waals surface area contributed by atoms with Gasteiger partial charge in [0.25, 0.3) is 0 Å². The Morgan fingerprint density at radius 3 is 3.11 bits per heavy atom. The van der Waals surface area contributed by atoms with Crippen LogP contribution in [0.3, 0.4) is 0 Å². The van der Waals surface area contributed by atoms with Crippen LogP contribution in [0.2, 0.25) is 0 Å². The van der Waals surface area contributed by atoms with Gasteiger partial charge < -0.3 is 15.8 Å². The van der Waals surface area contributed by atoms with Crippen molar-refractivity contribution in [1.29, 1.82) is 0 Å². The van der Waals surface area contributed by atoms with E-state index < -0.39 is 0 Å². The molecule has 18 heavy (non-hydrogen) atoms. The molecule has 2 atom stereocenters. The van der Waals surface area contributed by atoms with E-state index in [1.807, 2.05) is 31.2 Å². The predicted molar refractivity (Wildman–Crippen MR) is 70.8 cm³/mol. The van der Waals surface area contributed by atoms with Crippen molar-refractivity contribution in [3.63, 3.8) is 0 Å². The van der Waals surface area contributed by atoms with Crippen LogP contribution < -0.4 is 11.1 Å². The number of carbonyl (C=O) groups excluding carboxylic acids is 1. The van der Waals surface area contributed by atoms with Gasteiger partial charge in [-0.25, -0.2) is 0 Å². The average molecular weight is 248 g/mol. The van der Waals surface area contributed by atoms with Crippen molar-refractivity contribution in [2.75, 3.05) is 12.3 Å². The summed E-state index contributed by atoms with van der Waals surface area (Å²) in [5.41, 5.74) is 7.44. The van der Waals surface area contributed by atoms with Gasteiger partial charge in [0, 0.05) is 18.8 Å². The van der Waals surface area contributed by atoms with Crippen molar-refractivity contribution in [2.45, 2.75) is 32.4 Å². The Morgan fingerprint density at radius 2 is 2.39 bits per heavy atom. The van der Waals surface area contributed by atoms with E-state index in [0.29, 0.717) is 13.2 Å². The topological polar surface area (TPSA) is 64.3 Å². The smallest absolute Gasteiger partial charge is 0.226 e. The third-order valence-electron chi connectivity index (χ3n) is 3.37. The van der Waals surface area contributed by atoms with E-state index in [-0.39, 0.29) is 17.9 Å². The minimum atomic E-state index is -0.00365. The highest BCUT2D eigenvalue weighted by molar-refractivity contribution is 5.79. The summed E-state index contributed by atoms with van der Waals surface area (Å²) in [5.74, 6) is 0.0813. The molecule has 1 aromatic rings.